The molecule has 1 aromatic carbocycles. The van der Waals surface area contributed by atoms with E-state index in [0.717, 1.165) is 34.9 Å². The average Bonchev–Trinajstić information content (AvgIpc) is 3.22. The number of carbonyl (C=O) groups excluding carboxylic acids is 1. The smallest absolute Gasteiger partial charge is 0.263 e. The van der Waals surface area contributed by atoms with Crippen LogP contribution in [0.25, 0.3) is 10.2 Å². The first-order valence-electron chi connectivity index (χ1n) is 10.3. The maximum atomic E-state index is 13.0. The van der Waals surface area contributed by atoms with Crippen molar-refractivity contribution in [2.24, 2.45) is 0 Å². The molecule has 0 aliphatic carbocycles. The second-order valence-corrected chi connectivity index (χ2v) is 9.58. The summed E-state index contributed by atoms with van der Waals surface area (Å²) in [7, 11) is 0. The third kappa shape index (κ3) is 4.26. The lowest BCUT2D eigenvalue weighted by Gasteiger charge is -2.36. The highest BCUT2D eigenvalue weighted by molar-refractivity contribution is 7.16. The molecular formula is C23H28N4O2S. The minimum atomic E-state index is -0.519. The fraction of sp³-hybridized carbons (Fsp3) is 0.435. The molecule has 6 nitrogen and oxygen atoms in total. The minimum Gasteiger partial charge on any atom is -0.481 e. The number of thiophene rings is 1. The Kier molecular flexibility index (Phi) is 5.64. The zero-order valence-corrected chi connectivity index (χ0v) is 18.8. The van der Waals surface area contributed by atoms with Gasteiger partial charge in [-0.2, -0.15) is 0 Å². The van der Waals surface area contributed by atoms with Crippen LogP contribution in [0.1, 0.15) is 33.3 Å². The summed E-state index contributed by atoms with van der Waals surface area (Å²) in [5, 5.41) is 3.12. The van der Waals surface area contributed by atoms with Crippen molar-refractivity contribution in [1.82, 2.24) is 14.9 Å². The summed E-state index contributed by atoms with van der Waals surface area (Å²) in [5.41, 5.74) is 1.23. The number of nitrogens with zero attached hydrogens (tertiary/aromatic N) is 4. The normalized spacial score (nSPS) is 16.0. The van der Waals surface area contributed by atoms with Crippen molar-refractivity contribution in [1.29, 1.82) is 0 Å². The van der Waals surface area contributed by atoms with E-state index in [9.17, 15) is 4.79 Å². The Hall–Kier alpha value is -2.67. The van der Waals surface area contributed by atoms with Gasteiger partial charge in [-0.15, -0.1) is 11.3 Å². The lowest BCUT2D eigenvalue weighted by molar-refractivity contribution is -0.138. The van der Waals surface area contributed by atoms with E-state index >= 15 is 0 Å². The molecule has 1 aliphatic rings. The lowest BCUT2D eigenvalue weighted by Crippen LogP contribution is -2.52. The van der Waals surface area contributed by atoms with Crippen LogP contribution in [0, 0.1) is 0 Å². The number of aromatic nitrogens is 2. The Morgan fingerprint density at radius 2 is 1.90 bits per heavy atom. The fourth-order valence-electron chi connectivity index (χ4n) is 3.72. The highest BCUT2D eigenvalue weighted by Crippen LogP contribution is 2.28. The van der Waals surface area contributed by atoms with Gasteiger partial charge in [0.2, 0.25) is 0 Å². The number of anilines is 1. The van der Waals surface area contributed by atoms with Gasteiger partial charge in [-0.05, 0) is 41.5 Å². The number of hydrogen-bond donors (Lipinski definition) is 0. The van der Waals surface area contributed by atoms with Gasteiger partial charge in [-0.1, -0.05) is 32.9 Å². The molecule has 0 bridgehead atoms. The lowest BCUT2D eigenvalue weighted by atomic mass is 9.87. The quantitative estimate of drug-likeness (QED) is 0.631. The molecule has 3 aromatic rings. The first-order chi connectivity index (χ1) is 14.3. The minimum absolute atomic E-state index is 0.0270. The van der Waals surface area contributed by atoms with Gasteiger partial charge in [-0.25, -0.2) is 9.97 Å². The van der Waals surface area contributed by atoms with E-state index in [4.69, 9.17) is 4.74 Å². The fourth-order valence-corrected chi connectivity index (χ4v) is 4.44. The summed E-state index contributed by atoms with van der Waals surface area (Å²) in [6.07, 6.45) is 1.10. The van der Waals surface area contributed by atoms with Crippen LogP contribution < -0.4 is 9.64 Å². The van der Waals surface area contributed by atoms with Gasteiger partial charge in [0.1, 0.15) is 22.7 Å². The van der Waals surface area contributed by atoms with E-state index in [1.54, 1.807) is 17.7 Å². The molecule has 1 amide bonds. The van der Waals surface area contributed by atoms with Crippen molar-refractivity contribution >= 4 is 33.3 Å². The Morgan fingerprint density at radius 1 is 1.13 bits per heavy atom. The summed E-state index contributed by atoms with van der Waals surface area (Å²) in [5.74, 6) is 1.72. The van der Waals surface area contributed by atoms with Crippen molar-refractivity contribution in [3.05, 3.63) is 47.6 Å². The Labute approximate surface area is 181 Å². The van der Waals surface area contributed by atoms with Crippen LogP contribution >= 0.6 is 11.3 Å². The molecule has 0 spiro atoms. The van der Waals surface area contributed by atoms with Gasteiger partial charge >= 0.3 is 0 Å². The molecule has 30 heavy (non-hydrogen) atoms. The highest BCUT2D eigenvalue weighted by atomic mass is 32.1. The number of carbonyl (C=O) groups is 1. The van der Waals surface area contributed by atoms with E-state index in [-0.39, 0.29) is 11.3 Å². The molecular weight excluding hydrogens is 396 g/mol. The first-order valence-corrected chi connectivity index (χ1v) is 11.2. The van der Waals surface area contributed by atoms with Gasteiger partial charge < -0.3 is 14.5 Å². The summed E-state index contributed by atoms with van der Waals surface area (Å²) in [4.78, 5) is 26.9. The highest BCUT2D eigenvalue weighted by Gasteiger charge is 2.27. The second kappa shape index (κ2) is 8.22. The first kappa shape index (κ1) is 20.6. The third-order valence-corrected chi connectivity index (χ3v) is 6.31. The number of rotatable bonds is 4. The van der Waals surface area contributed by atoms with Crippen molar-refractivity contribution in [2.45, 2.75) is 39.2 Å². The molecule has 158 valence electrons. The number of fused-ring (bicyclic) bond motifs is 1. The molecule has 1 saturated heterocycles. The molecule has 0 radical (unpaired) electrons. The molecule has 1 unspecified atom stereocenters. The van der Waals surface area contributed by atoms with Gasteiger partial charge in [0.05, 0.1) is 5.39 Å². The Bertz CT molecular complexity index is 1030. The molecule has 0 saturated carbocycles. The van der Waals surface area contributed by atoms with Crippen molar-refractivity contribution < 1.29 is 9.53 Å². The average molecular weight is 425 g/mol. The van der Waals surface area contributed by atoms with E-state index in [0.29, 0.717) is 13.1 Å². The summed E-state index contributed by atoms with van der Waals surface area (Å²) in [6.45, 7) is 11.1. The predicted molar refractivity (Wildman–Crippen MR) is 121 cm³/mol. The monoisotopic (exact) mass is 424 g/mol. The maximum Gasteiger partial charge on any atom is 0.263 e. The second-order valence-electron chi connectivity index (χ2n) is 8.69. The predicted octanol–water partition coefficient (Wildman–Crippen LogP) is 4.10. The molecule has 2 aromatic heterocycles. The standard InChI is InChI=1S/C23H28N4O2S/c1-16(29-18-7-5-6-17(14-18)23(2,3)4)22(28)27-11-9-26(10-12-27)20-19-8-13-30-21(19)25-15-24-20/h5-8,13-16H,9-12H2,1-4H3. The number of benzene rings is 1. The topological polar surface area (TPSA) is 58.6 Å². The molecule has 4 rings (SSSR count). The van der Waals surface area contributed by atoms with E-state index in [2.05, 4.69) is 47.8 Å². The summed E-state index contributed by atoms with van der Waals surface area (Å²) >= 11 is 1.62. The van der Waals surface area contributed by atoms with Crippen LogP contribution in [0.15, 0.2) is 42.0 Å². The molecule has 1 aliphatic heterocycles. The SMILES string of the molecule is CC(Oc1cccc(C(C)(C)C)c1)C(=O)N1CCN(c2ncnc3sccc23)CC1. The molecule has 1 fully saturated rings. The zero-order valence-electron chi connectivity index (χ0n) is 18.0. The van der Waals surface area contributed by atoms with Crippen molar-refractivity contribution in [2.75, 3.05) is 31.1 Å². The van der Waals surface area contributed by atoms with Gasteiger partial charge in [0.15, 0.2) is 6.10 Å². The summed E-state index contributed by atoms with van der Waals surface area (Å²) < 4.78 is 6.00. The zero-order chi connectivity index (χ0) is 21.3. The Morgan fingerprint density at radius 3 is 2.63 bits per heavy atom. The summed E-state index contributed by atoms with van der Waals surface area (Å²) in [6, 6.07) is 10.1. The molecule has 3 heterocycles. The van der Waals surface area contributed by atoms with Crippen LogP contribution in [0.5, 0.6) is 5.75 Å². The van der Waals surface area contributed by atoms with Crippen LogP contribution in [0.2, 0.25) is 0 Å². The number of hydrogen-bond acceptors (Lipinski definition) is 6. The van der Waals surface area contributed by atoms with Gasteiger partial charge in [0, 0.05) is 26.2 Å². The molecule has 7 heteroatoms. The van der Waals surface area contributed by atoms with Crippen LogP contribution in [0.4, 0.5) is 5.82 Å². The largest absolute Gasteiger partial charge is 0.481 e. The van der Waals surface area contributed by atoms with Crippen LogP contribution in [-0.4, -0.2) is 53.1 Å². The number of amides is 1. The molecule has 1 atom stereocenters. The van der Waals surface area contributed by atoms with Gasteiger partial charge in [0.25, 0.3) is 5.91 Å². The number of piperazine rings is 1. The van der Waals surface area contributed by atoms with Crippen molar-refractivity contribution in [3.63, 3.8) is 0 Å². The maximum absolute atomic E-state index is 13.0. The third-order valence-electron chi connectivity index (χ3n) is 5.49. The number of ether oxygens (including phenoxy) is 1. The van der Waals surface area contributed by atoms with Crippen molar-refractivity contribution in [3.8, 4) is 5.75 Å². The van der Waals surface area contributed by atoms with Gasteiger partial charge in [-0.3, -0.25) is 4.79 Å². The Balaban J connectivity index is 1.38. The van der Waals surface area contributed by atoms with E-state index in [1.165, 1.54) is 5.56 Å². The van der Waals surface area contributed by atoms with E-state index in [1.807, 2.05) is 35.4 Å². The van der Waals surface area contributed by atoms with Crippen LogP contribution in [0.3, 0.4) is 0 Å². The van der Waals surface area contributed by atoms with Crippen LogP contribution in [-0.2, 0) is 10.2 Å². The van der Waals surface area contributed by atoms with E-state index < -0.39 is 6.10 Å². The molecule has 0 N–H and O–H groups in total.